The van der Waals surface area contributed by atoms with Crippen LogP contribution in [0.1, 0.15) is 16.9 Å². The molecule has 3 rings (SSSR count). The molecule has 1 aliphatic heterocycles. The van der Waals surface area contributed by atoms with Gasteiger partial charge in [-0.05, 0) is 23.9 Å². The van der Waals surface area contributed by atoms with Gasteiger partial charge in [-0.25, -0.2) is 0 Å². The van der Waals surface area contributed by atoms with Crippen molar-refractivity contribution >= 4 is 17.3 Å². The van der Waals surface area contributed by atoms with E-state index in [9.17, 15) is 0 Å². The van der Waals surface area contributed by atoms with Gasteiger partial charge in [-0.3, -0.25) is 4.99 Å². The second kappa shape index (κ2) is 8.76. The number of nitrogens with zero attached hydrogens (tertiary/aromatic N) is 2. The van der Waals surface area contributed by atoms with Crippen molar-refractivity contribution in [3.63, 3.8) is 0 Å². The average Bonchev–Trinajstić information content (AvgIpc) is 3.03. The van der Waals surface area contributed by atoms with E-state index in [1.165, 1.54) is 4.88 Å². The van der Waals surface area contributed by atoms with Crippen molar-refractivity contribution in [1.29, 1.82) is 0 Å². The Kier molecular flexibility index (Phi) is 6.17. The van der Waals surface area contributed by atoms with Crippen LogP contribution in [0, 0.1) is 0 Å². The van der Waals surface area contributed by atoms with E-state index in [-0.39, 0.29) is 0 Å². The Morgan fingerprint density at radius 1 is 1.24 bits per heavy atom. The van der Waals surface area contributed by atoms with Crippen molar-refractivity contribution in [2.24, 2.45) is 4.99 Å². The third-order valence-corrected chi connectivity index (χ3v) is 5.07. The number of nitrogens with one attached hydrogen (secondary N) is 1. The minimum absolute atomic E-state index is 0.655. The van der Waals surface area contributed by atoms with Gasteiger partial charge in [0.2, 0.25) is 0 Å². The van der Waals surface area contributed by atoms with Crippen LogP contribution >= 0.6 is 11.3 Å². The van der Waals surface area contributed by atoms with Crippen molar-refractivity contribution in [3.8, 4) is 11.5 Å². The molecular weight excluding hydrogens is 334 g/mol. The molecule has 2 heterocycles. The fraction of sp³-hybridized carbons (Fsp3) is 0.421. The Hall–Kier alpha value is -2.21. The molecule has 0 fully saturated rings. The van der Waals surface area contributed by atoms with E-state index in [4.69, 9.17) is 9.47 Å². The number of ether oxygens (including phenoxy) is 2. The molecule has 0 saturated heterocycles. The maximum Gasteiger partial charge on any atom is 0.193 e. The highest BCUT2D eigenvalue weighted by Crippen LogP contribution is 2.33. The number of guanidine groups is 1. The van der Waals surface area contributed by atoms with E-state index >= 15 is 0 Å². The van der Waals surface area contributed by atoms with Gasteiger partial charge in [0, 0.05) is 44.0 Å². The molecule has 1 aromatic heterocycles. The number of fused-ring (bicyclic) bond motifs is 1. The zero-order valence-electron chi connectivity index (χ0n) is 14.8. The Morgan fingerprint density at radius 3 is 2.92 bits per heavy atom. The van der Waals surface area contributed by atoms with Crippen molar-refractivity contribution in [2.75, 3.05) is 33.9 Å². The van der Waals surface area contributed by atoms with E-state index in [0.717, 1.165) is 42.4 Å². The van der Waals surface area contributed by atoms with Crippen LogP contribution in [-0.2, 0) is 13.0 Å². The summed E-state index contributed by atoms with van der Waals surface area (Å²) in [6, 6.07) is 10.3. The fourth-order valence-corrected chi connectivity index (χ4v) is 3.49. The lowest BCUT2D eigenvalue weighted by atomic mass is 10.2. The first kappa shape index (κ1) is 17.6. The zero-order valence-corrected chi connectivity index (χ0v) is 15.6. The molecule has 6 heteroatoms. The summed E-state index contributed by atoms with van der Waals surface area (Å²) in [6.07, 6.45) is 1.93. The van der Waals surface area contributed by atoms with Crippen LogP contribution in [-0.4, -0.2) is 44.7 Å². The van der Waals surface area contributed by atoms with Gasteiger partial charge in [0.25, 0.3) is 0 Å². The van der Waals surface area contributed by atoms with Crippen molar-refractivity contribution < 1.29 is 9.47 Å². The molecule has 1 aromatic carbocycles. The number of likely N-dealkylation sites (N-methyl/N-ethyl adjacent to an activating group) is 1. The number of hydrogen-bond acceptors (Lipinski definition) is 4. The van der Waals surface area contributed by atoms with Gasteiger partial charge >= 0.3 is 0 Å². The number of aliphatic imine (C=N–C) groups is 1. The SMILES string of the molecule is CN=C(NCc1cccc2c1OCCCO2)N(C)CCc1cccs1. The van der Waals surface area contributed by atoms with Gasteiger partial charge in [0.05, 0.1) is 13.2 Å². The summed E-state index contributed by atoms with van der Waals surface area (Å²) >= 11 is 1.79. The molecule has 0 spiro atoms. The molecule has 1 N–H and O–H groups in total. The van der Waals surface area contributed by atoms with Gasteiger partial charge in [0.15, 0.2) is 17.5 Å². The Balaban J connectivity index is 1.59. The lowest BCUT2D eigenvalue weighted by Crippen LogP contribution is -2.39. The van der Waals surface area contributed by atoms with Crippen LogP contribution in [0.25, 0.3) is 0 Å². The van der Waals surface area contributed by atoms with Gasteiger partial charge in [0.1, 0.15) is 0 Å². The molecule has 0 atom stereocenters. The number of rotatable bonds is 5. The van der Waals surface area contributed by atoms with Gasteiger partial charge < -0.3 is 19.7 Å². The Bertz CT molecular complexity index is 701. The van der Waals surface area contributed by atoms with Gasteiger partial charge in [-0.1, -0.05) is 18.2 Å². The molecule has 0 amide bonds. The number of hydrogen-bond donors (Lipinski definition) is 1. The maximum absolute atomic E-state index is 5.89. The first-order valence-corrected chi connectivity index (χ1v) is 9.47. The maximum atomic E-state index is 5.89. The van der Waals surface area contributed by atoms with E-state index in [1.54, 1.807) is 11.3 Å². The summed E-state index contributed by atoms with van der Waals surface area (Å²) < 4.78 is 11.6. The van der Waals surface area contributed by atoms with E-state index in [1.807, 2.05) is 19.2 Å². The summed E-state index contributed by atoms with van der Waals surface area (Å²) in [5, 5.41) is 5.55. The summed E-state index contributed by atoms with van der Waals surface area (Å²) in [6.45, 7) is 2.98. The predicted molar refractivity (Wildman–Crippen MR) is 103 cm³/mol. The predicted octanol–water partition coefficient (Wildman–Crippen LogP) is 3.16. The minimum atomic E-state index is 0.655. The van der Waals surface area contributed by atoms with Gasteiger partial charge in [-0.2, -0.15) is 0 Å². The first-order valence-electron chi connectivity index (χ1n) is 8.59. The molecule has 0 radical (unpaired) electrons. The Labute approximate surface area is 153 Å². The van der Waals surface area contributed by atoms with E-state index in [2.05, 4.69) is 45.8 Å². The largest absolute Gasteiger partial charge is 0.490 e. The molecule has 0 aliphatic carbocycles. The zero-order chi connectivity index (χ0) is 17.5. The number of benzene rings is 1. The lowest BCUT2D eigenvalue weighted by Gasteiger charge is -2.22. The molecule has 1 aliphatic rings. The summed E-state index contributed by atoms with van der Waals surface area (Å²) in [7, 11) is 3.88. The molecule has 134 valence electrons. The van der Waals surface area contributed by atoms with Crippen LogP contribution in [0.3, 0.4) is 0 Å². The second-order valence-electron chi connectivity index (χ2n) is 5.95. The third kappa shape index (κ3) is 4.66. The summed E-state index contributed by atoms with van der Waals surface area (Å²) in [5.41, 5.74) is 1.09. The molecule has 0 saturated carbocycles. The molecule has 0 unspecified atom stereocenters. The third-order valence-electron chi connectivity index (χ3n) is 4.14. The van der Waals surface area contributed by atoms with Crippen LogP contribution in [0.4, 0.5) is 0 Å². The average molecular weight is 359 g/mol. The highest BCUT2D eigenvalue weighted by molar-refractivity contribution is 7.09. The molecule has 2 aromatic rings. The topological polar surface area (TPSA) is 46.1 Å². The molecule has 25 heavy (non-hydrogen) atoms. The lowest BCUT2D eigenvalue weighted by molar-refractivity contribution is 0.296. The summed E-state index contributed by atoms with van der Waals surface area (Å²) in [5.74, 6) is 2.56. The molecule has 5 nitrogen and oxygen atoms in total. The number of para-hydroxylation sites is 1. The van der Waals surface area contributed by atoms with Gasteiger partial charge in [-0.15, -0.1) is 11.3 Å². The summed E-state index contributed by atoms with van der Waals surface area (Å²) in [4.78, 5) is 7.94. The minimum Gasteiger partial charge on any atom is -0.490 e. The van der Waals surface area contributed by atoms with Crippen LogP contribution in [0.2, 0.25) is 0 Å². The fourth-order valence-electron chi connectivity index (χ4n) is 2.79. The molecule has 0 bridgehead atoms. The number of thiophene rings is 1. The van der Waals surface area contributed by atoms with E-state index < -0.39 is 0 Å². The van der Waals surface area contributed by atoms with Crippen molar-refractivity contribution in [1.82, 2.24) is 10.2 Å². The second-order valence-corrected chi connectivity index (χ2v) is 6.98. The van der Waals surface area contributed by atoms with Crippen molar-refractivity contribution in [2.45, 2.75) is 19.4 Å². The normalized spacial score (nSPS) is 14.1. The first-order chi connectivity index (χ1) is 12.3. The quantitative estimate of drug-likeness (QED) is 0.658. The monoisotopic (exact) mass is 359 g/mol. The highest BCUT2D eigenvalue weighted by Gasteiger charge is 2.15. The highest BCUT2D eigenvalue weighted by atomic mass is 32.1. The van der Waals surface area contributed by atoms with Crippen LogP contribution in [0.5, 0.6) is 11.5 Å². The smallest absolute Gasteiger partial charge is 0.193 e. The van der Waals surface area contributed by atoms with E-state index in [0.29, 0.717) is 19.8 Å². The van der Waals surface area contributed by atoms with Crippen LogP contribution in [0.15, 0.2) is 40.7 Å². The standard InChI is InChI=1S/C19H25N3O2S/c1-20-19(22(2)10-9-16-7-4-13-25-16)21-14-15-6-3-8-17-18(15)24-12-5-11-23-17/h3-4,6-8,13H,5,9-12,14H2,1-2H3,(H,20,21). The van der Waals surface area contributed by atoms with Crippen LogP contribution < -0.4 is 14.8 Å². The van der Waals surface area contributed by atoms with Crippen molar-refractivity contribution in [3.05, 3.63) is 46.2 Å². The molecular formula is C19H25N3O2S. The Morgan fingerprint density at radius 2 is 2.12 bits per heavy atom.